The van der Waals surface area contributed by atoms with E-state index in [1.165, 1.54) is 0 Å². The molecule has 0 fully saturated rings. The SMILES string of the molecule is N#CC(=C(Cl)c1ccccc1I)c1ccccc1. The van der Waals surface area contributed by atoms with Crippen LogP contribution < -0.4 is 0 Å². The van der Waals surface area contributed by atoms with Crippen LogP contribution in [0.2, 0.25) is 0 Å². The van der Waals surface area contributed by atoms with Crippen LogP contribution in [0.4, 0.5) is 0 Å². The normalized spacial score (nSPS) is 11.6. The Hall–Kier alpha value is -1.31. The minimum atomic E-state index is 0.494. The van der Waals surface area contributed by atoms with Gasteiger partial charge in [0.05, 0.1) is 10.6 Å². The van der Waals surface area contributed by atoms with Crippen molar-refractivity contribution >= 4 is 44.8 Å². The minimum Gasteiger partial charge on any atom is -0.192 e. The molecule has 0 aromatic heterocycles. The van der Waals surface area contributed by atoms with E-state index in [9.17, 15) is 5.26 Å². The van der Waals surface area contributed by atoms with Crippen molar-refractivity contribution in [1.82, 2.24) is 0 Å². The first kappa shape index (κ1) is 13.1. The second-order valence-corrected chi connectivity index (χ2v) is 5.19. The first-order valence-electron chi connectivity index (χ1n) is 5.34. The van der Waals surface area contributed by atoms with Crippen molar-refractivity contribution in [2.24, 2.45) is 0 Å². The number of halogens is 2. The van der Waals surface area contributed by atoms with Gasteiger partial charge >= 0.3 is 0 Å². The van der Waals surface area contributed by atoms with Crippen LogP contribution in [0, 0.1) is 14.9 Å². The number of hydrogen-bond donors (Lipinski definition) is 0. The average Bonchev–Trinajstić information content (AvgIpc) is 2.41. The molecule has 0 saturated heterocycles. The fraction of sp³-hybridized carbons (Fsp3) is 0. The molecule has 0 radical (unpaired) electrons. The summed E-state index contributed by atoms with van der Waals surface area (Å²) in [5.74, 6) is 0. The summed E-state index contributed by atoms with van der Waals surface area (Å²) in [7, 11) is 0. The van der Waals surface area contributed by atoms with E-state index in [4.69, 9.17) is 11.6 Å². The van der Waals surface area contributed by atoms with E-state index >= 15 is 0 Å². The van der Waals surface area contributed by atoms with Crippen LogP contribution in [0.3, 0.4) is 0 Å². The molecule has 3 heteroatoms. The monoisotopic (exact) mass is 365 g/mol. The number of allylic oxidation sites excluding steroid dienone is 1. The maximum atomic E-state index is 9.31. The molecule has 18 heavy (non-hydrogen) atoms. The maximum Gasteiger partial charge on any atom is 0.101 e. The highest BCUT2D eigenvalue weighted by Crippen LogP contribution is 2.31. The van der Waals surface area contributed by atoms with Crippen molar-refractivity contribution in [2.75, 3.05) is 0 Å². The maximum absolute atomic E-state index is 9.31. The Morgan fingerprint density at radius 1 is 1.00 bits per heavy atom. The molecule has 2 aromatic carbocycles. The zero-order chi connectivity index (χ0) is 13.0. The molecule has 0 N–H and O–H groups in total. The topological polar surface area (TPSA) is 23.8 Å². The highest BCUT2D eigenvalue weighted by Gasteiger charge is 2.11. The van der Waals surface area contributed by atoms with Crippen LogP contribution in [-0.4, -0.2) is 0 Å². The molecular weight excluding hydrogens is 357 g/mol. The Morgan fingerprint density at radius 3 is 2.22 bits per heavy atom. The lowest BCUT2D eigenvalue weighted by atomic mass is 10.0. The first-order chi connectivity index (χ1) is 8.74. The fourth-order valence-electron chi connectivity index (χ4n) is 1.62. The predicted molar refractivity (Wildman–Crippen MR) is 83.9 cm³/mol. The van der Waals surface area contributed by atoms with E-state index in [1.807, 2.05) is 54.6 Å². The van der Waals surface area contributed by atoms with Gasteiger partial charge in [-0.15, -0.1) is 0 Å². The number of rotatable bonds is 2. The zero-order valence-corrected chi connectivity index (χ0v) is 12.3. The van der Waals surface area contributed by atoms with Gasteiger partial charge in [-0.2, -0.15) is 5.26 Å². The average molecular weight is 366 g/mol. The molecule has 0 aliphatic heterocycles. The Bertz CT molecular complexity index is 626. The van der Waals surface area contributed by atoms with Crippen LogP contribution in [-0.2, 0) is 0 Å². The van der Waals surface area contributed by atoms with Gasteiger partial charge in [0.15, 0.2) is 0 Å². The fourth-order valence-corrected chi connectivity index (χ4v) is 2.75. The summed E-state index contributed by atoms with van der Waals surface area (Å²) in [4.78, 5) is 0. The van der Waals surface area contributed by atoms with Gasteiger partial charge < -0.3 is 0 Å². The van der Waals surface area contributed by atoms with E-state index in [0.717, 1.165) is 14.7 Å². The lowest BCUT2D eigenvalue weighted by Crippen LogP contribution is -1.88. The molecule has 1 nitrogen and oxygen atoms in total. The van der Waals surface area contributed by atoms with Crippen LogP contribution in [0.15, 0.2) is 54.6 Å². The predicted octanol–water partition coefficient (Wildman–Crippen LogP) is 4.92. The molecule has 0 aliphatic rings. The van der Waals surface area contributed by atoms with Gasteiger partial charge in [-0.05, 0) is 34.2 Å². The number of benzene rings is 2. The number of hydrogen-bond acceptors (Lipinski definition) is 1. The van der Waals surface area contributed by atoms with Crippen molar-refractivity contribution in [3.8, 4) is 6.07 Å². The van der Waals surface area contributed by atoms with Gasteiger partial charge in [-0.25, -0.2) is 0 Å². The van der Waals surface area contributed by atoms with Gasteiger partial charge in [-0.3, -0.25) is 0 Å². The van der Waals surface area contributed by atoms with Gasteiger partial charge in [0.25, 0.3) is 0 Å². The van der Waals surface area contributed by atoms with E-state index in [-0.39, 0.29) is 0 Å². The first-order valence-corrected chi connectivity index (χ1v) is 6.80. The van der Waals surface area contributed by atoms with Crippen molar-refractivity contribution in [2.45, 2.75) is 0 Å². The van der Waals surface area contributed by atoms with Crippen LogP contribution >= 0.6 is 34.2 Å². The van der Waals surface area contributed by atoms with E-state index in [1.54, 1.807) is 0 Å². The van der Waals surface area contributed by atoms with E-state index in [0.29, 0.717) is 10.6 Å². The van der Waals surface area contributed by atoms with Crippen molar-refractivity contribution in [3.63, 3.8) is 0 Å². The van der Waals surface area contributed by atoms with Gasteiger partial charge in [0.1, 0.15) is 6.07 Å². The Morgan fingerprint density at radius 2 is 1.61 bits per heavy atom. The van der Waals surface area contributed by atoms with Crippen molar-refractivity contribution in [1.29, 1.82) is 5.26 Å². The Kier molecular flexibility index (Phi) is 4.40. The summed E-state index contributed by atoms with van der Waals surface area (Å²) >= 11 is 8.58. The third kappa shape index (κ3) is 2.74. The summed E-state index contributed by atoms with van der Waals surface area (Å²) in [6, 6.07) is 19.4. The lowest BCUT2D eigenvalue weighted by Gasteiger charge is -2.06. The highest BCUT2D eigenvalue weighted by atomic mass is 127. The smallest absolute Gasteiger partial charge is 0.101 e. The molecular formula is C15H9ClIN. The Labute approximate surface area is 125 Å². The quantitative estimate of drug-likeness (QED) is 0.421. The summed E-state index contributed by atoms with van der Waals surface area (Å²) in [5.41, 5.74) is 2.23. The summed E-state index contributed by atoms with van der Waals surface area (Å²) in [6.07, 6.45) is 0. The molecule has 2 rings (SSSR count). The lowest BCUT2D eigenvalue weighted by molar-refractivity contribution is 1.52. The van der Waals surface area contributed by atoms with Crippen LogP contribution in [0.25, 0.3) is 10.6 Å². The second kappa shape index (κ2) is 6.03. The van der Waals surface area contributed by atoms with Gasteiger partial charge in [0, 0.05) is 9.13 Å². The molecule has 0 bridgehead atoms. The standard InChI is InChI=1S/C15H9ClIN/c16-15(12-8-4-5-9-14(12)17)13(10-18)11-6-2-1-3-7-11/h1-9H. The largest absolute Gasteiger partial charge is 0.192 e. The molecule has 0 saturated carbocycles. The number of nitrogens with zero attached hydrogens (tertiary/aromatic N) is 1. The van der Waals surface area contributed by atoms with Gasteiger partial charge in [0.2, 0.25) is 0 Å². The highest BCUT2D eigenvalue weighted by molar-refractivity contribution is 14.1. The molecule has 0 amide bonds. The molecule has 88 valence electrons. The van der Waals surface area contributed by atoms with Gasteiger partial charge in [-0.1, -0.05) is 60.1 Å². The van der Waals surface area contributed by atoms with Crippen LogP contribution in [0.1, 0.15) is 11.1 Å². The second-order valence-electron chi connectivity index (χ2n) is 3.65. The van der Waals surface area contributed by atoms with Crippen LogP contribution in [0.5, 0.6) is 0 Å². The summed E-state index contributed by atoms with van der Waals surface area (Å²) in [6.45, 7) is 0. The molecule has 0 atom stereocenters. The molecule has 0 heterocycles. The third-order valence-electron chi connectivity index (χ3n) is 2.50. The molecule has 0 unspecified atom stereocenters. The zero-order valence-electron chi connectivity index (χ0n) is 9.40. The van der Waals surface area contributed by atoms with E-state index < -0.39 is 0 Å². The van der Waals surface area contributed by atoms with Crippen molar-refractivity contribution < 1.29 is 0 Å². The summed E-state index contributed by atoms with van der Waals surface area (Å²) in [5, 5.41) is 9.80. The third-order valence-corrected chi connectivity index (χ3v) is 3.84. The molecule has 0 spiro atoms. The van der Waals surface area contributed by atoms with Crippen molar-refractivity contribution in [3.05, 3.63) is 69.3 Å². The van der Waals surface area contributed by atoms with E-state index in [2.05, 4.69) is 28.7 Å². The number of nitriles is 1. The minimum absolute atomic E-state index is 0.494. The summed E-state index contributed by atoms with van der Waals surface area (Å²) < 4.78 is 1.03. The Balaban J connectivity index is 2.59. The molecule has 0 aliphatic carbocycles. The molecule has 2 aromatic rings.